The average molecular weight is 347 g/mol. The molecule has 0 atom stereocenters. The monoisotopic (exact) mass is 347 g/mol. The summed E-state index contributed by atoms with van der Waals surface area (Å²) < 4.78 is 5.92. The van der Waals surface area contributed by atoms with E-state index in [-0.39, 0.29) is 11.9 Å². The number of anilines is 1. The summed E-state index contributed by atoms with van der Waals surface area (Å²) in [5, 5.41) is 0. The number of hydrogen-bond donors (Lipinski definition) is 0. The van der Waals surface area contributed by atoms with Crippen LogP contribution in [0, 0.1) is 6.92 Å². The van der Waals surface area contributed by atoms with Gasteiger partial charge in [0.25, 0.3) is 5.91 Å². The number of carbonyl (C=O) groups excluding carboxylic acids is 1. The lowest BCUT2D eigenvalue weighted by Gasteiger charge is -2.27. The molecule has 0 N–H and O–H groups in total. The molecule has 2 heterocycles. The predicted molar refractivity (Wildman–Crippen MR) is 102 cm³/mol. The maximum absolute atomic E-state index is 13.1. The first kappa shape index (κ1) is 17.6. The van der Waals surface area contributed by atoms with Gasteiger partial charge in [-0.05, 0) is 62.7 Å². The van der Waals surface area contributed by atoms with Crippen LogP contribution in [0.4, 0.5) is 5.69 Å². The lowest BCUT2D eigenvalue weighted by Crippen LogP contribution is -2.37. The van der Waals surface area contributed by atoms with Crippen LogP contribution >= 0.6 is 0 Å². The molecule has 2 aromatic heterocycles. The lowest BCUT2D eigenvalue weighted by molar-refractivity contribution is 0.0980. The first-order chi connectivity index (χ1) is 12.6. The van der Waals surface area contributed by atoms with E-state index in [9.17, 15) is 4.79 Å². The van der Waals surface area contributed by atoms with Crippen molar-refractivity contribution in [3.8, 4) is 11.5 Å². The van der Waals surface area contributed by atoms with Gasteiger partial charge in [0.2, 0.25) is 0 Å². The molecule has 0 bridgehead atoms. The van der Waals surface area contributed by atoms with E-state index in [0.29, 0.717) is 17.1 Å². The van der Waals surface area contributed by atoms with Crippen molar-refractivity contribution in [2.75, 3.05) is 4.90 Å². The van der Waals surface area contributed by atoms with Crippen LogP contribution < -0.4 is 9.64 Å². The molecule has 3 rings (SSSR count). The fourth-order valence-corrected chi connectivity index (χ4v) is 2.66. The van der Waals surface area contributed by atoms with E-state index in [1.165, 1.54) is 0 Å². The maximum atomic E-state index is 13.1. The molecule has 0 unspecified atom stereocenters. The molecule has 132 valence electrons. The highest BCUT2D eigenvalue weighted by Gasteiger charge is 2.21. The molecule has 5 heteroatoms. The Bertz CT molecular complexity index is 880. The number of rotatable bonds is 5. The van der Waals surface area contributed by atoms with Gasteiger partial charge in [0.1, 0.15) is 11.5 Å². The number of aromatic nitrogens is 2. The fourth-order valence-electron chi connectivity index (χ4n) is 2.66. The van der Waals surface area contributed by atoms with Crippen molar-refractivity contribution in [2.45, 2.75) is 26.8 Å². The number of carbonyl (C=O) groups is 1. The molecule has 0 fully saturated rings. The Labute approximate surface area is 153 Å². The first-order valence-electron chi connectivity index (χ1n) is 8.48. The summed E-state index contributed by atoms with van der Waals surface area (Å²) in [6.45, 7) is 5.91. The van der Waals surface area contributed by atoms with Gasteiger partial charge in [-0.15, -0.1) is 0 Å². The molecule has 0 radical (unpaired) electrons. The van der Waals surface area contributed by atoms with Gasteiger partial charge in [0, 0.05) is 30.2 Å². The Hall–Kier alpha value is -3.21. The third kappa shape index (κ3) is 3.88. The predicted octanol–water partition coefficient (Wildman–Crippen LogP) is 4.63. The van der Waals surface area contributed by atoms with Gasteiger partial charge in [-0.1, -0.05) is 6.07 Å². The van der Waals surface area contributed by atoms with Crippen LogP contribution in [0.15, 0.2) is 67.3 Å². The second-order valence-corrected chi connectivity index (χ2v) is 6.25. The number of nitrogens with zero attached hydrogens (tertiary/aromatic N) is 3. The van der Waals surface area contributed by atoms with Crippen molar-refractivity contribution in [1.82, 2.24) is 9.97 Å². The van der Waals surface area contributed by atoms with Crippen LogP contribution in [0.1, 0.15) is 29.8 Å². The smallest absolute Gasteiger partial charge is 0.258 e. The third-order valence-corrected chi connectivity index (χ3v) is 3.97. The van der Waals surface area contributed by atoms with E-state index >= 15 is 0 Å². The molecule has 5 nitrogen and oxygen atoms in total. The van der Waals surface area contributed by atoms with Crippen LogP contribution in [0.3, 0.4) is 0 Å². The van der Waals surface area contributed by atoms with E-state index in [1.54, 1.807) is 47.9 Å². The van der Waals surface area contributed by atoms with Crippen molar-refractivity contribution in [3.63, 3.8) is 0 Å². The van der Waals surface area contributed by atoms with Crippen molar-refractivity contribution in [3.05, 3.63) is 78.4 Å². The highest BCUT2D eigenvalue weighted by molar-refractivity contribution is 6.06. The van der Waals surface area contributed by atoms with Crippen LogP contribution in [0.25, 0.3) is 0 Å². The highest BCUT2D eigenvalue weighted by atomic mass is 16.5. The molecule has 0 saturated carbocycles. The zero-order valence-corrected chi connectivity index (χ0v) is 15.1. The van der Waals surface area contributed by atoms with Gasteiger partial charge in [0.05, 0.1) is 11.9 Å². The van der Waals surface area contributed by atoms with Gasteiger partial charge in [0.15, 0.2) is 0 Å². The molecule has 26 heavy (non-hydrogen) atoms. The topological polar surface area (TPSA) is 55.3 Å². The molecule has 0 aliphatic rings. The molecule has 1 amide bonds. The van der Waals surface area contributed by atoms with Gasteiger partial charge in [-0.3, -0.25) is 14.8 Å². The average Bonchev–Trinajstić information content (AvgIpc) is 2.65. The Kier molecular flexibility index (Phi) is 5.27. The van der Waals surface area contributed by atoms with Crippen LogP contribution in [-0.2, 0) is 0 Å². The lowest BCUT2D eigenvalue weighted by atomic mass is 10.1. The highest BCUT2D eigenvalue weighted by Crippen LogP contribution is 2.27. The van der Waals surface area contributed by atoms with Crippen LogP contribution in [0.5, 0.6) is 11.5 Å². The summed E-state index contributed by atoms with van der Waals surface area (Å²) in [6.07, 6.45) is 6.73. The largest absolute Gasteiger partial charge is 0.457 e. The molecule has 0 spiro atoms. The van der Waals surface area contributed by atoms with Gasteiger partial charge >= 0.3 is 0 Å². The Morgan fingerprint density at radius 2 is 1.81 bits per heavy atom. The zero-order chi connectivity index (χ0) is 18.5. The Balaban J connectivity index is 1.93. The van der Waals surface area contributed by atoms with Crippen molar-refractivity contribution in [2.24, 2.45) is 0 Å². The minimum absolute atomic E-state index is 0.00225. The first-order valence-corrected chi connectivity index (χ1v) is 8.48. The minimum atomic E-state index is -0.0902. The fraction of sp³-hybridized carbons (Fsp3) is 0.190. The Morgan fingerprint density at radius 1 is 1.04 bits per heavy atom. The second kappa shape index (κ2) is 7.78. The quantitative estimate of drug-likeness (QED) is 0.675. The third-order valence-electron chi connectivity index (χ3n) is 3.97. The van der Waals surface area contributed by atoms with Crippen molar-refractivity contribution in [1.29, 1.82) is 0 Å². The van der Waals surface area contributed by atoms with E-state index in [1.807, 2.05) is 45.0 Å². The Morgan fingerprint density at radius 3 is 2.46 bits per heavy atom. The van der Waals surface area contributed by atoms with Gasteiger partial charge in [-0.2, -0.15) is 0 Å². The van der Waals surface area contributed by atoms with Gasteiger partial charge < -0.3 is 9.64 Å². The van der Waals surface area contributed by atoms with Crippen LogP contribution in [0.2, 0.25) is 0 Å². The van der Waals surface area contributed by atoms with Crippen molar-refractivity contribution >= 4 is 11.6 Å². The maximum Gasteiger partial charge on any atom is 0.258 e. The molecule has 0 aliphatic carbocycles. The molecular weight excluding hydrogens is 326 g/mol. The summed E-state index contributed by atoms with van der Waals surface area (Å²) in [5.41, 5.74) is 2.29. The molecule has 3 aromatic rings. The van der Waals surface area contributed by atoms with E-state index in [0.717, 1.165) is 11.3 Å². The SMILES string of the molecule is Cc1ccc(C(=O)N(c2cccnc2)C(C)C)cc1Oc1ccncc1. The van der Waals surface area contributed by atoms with Crippen molar-refractivity contribution < 1.29 is 9.53 Å². The van der Waals surface area contributed by atoms with E-state index in [4.69, 9.17) is 4.74 Å². The number of benzene rings is 1. The summed E-state index contributed by atoms with van der Waals surface area (Å²) in [5.74, 6) is 1.24. The molecule has 1 aromatic carbocycles. The molecule has 0 aliphatic heterocycles. The normalized spacial score (nSPS) is 10.6. The summed E-state index contributed by atoms with van der Waals surface area (Å²) in [6, 6.07) is 12.8. The zero-order valence-electron chi connectivity index (χ0n) is 15.1. The van der Waals surface area contributed by atoms with E-state index in [2.05, 4.69) is 9.97 Å². The summed E-state index contributed by atoms with van der Waals surface area (Å²) in [4.78, 5) is 23.0. The summed E-state index contributed by atoms with van der Waals surface area (Å²) >= 11 is 0. The molecular formula is C21H21N3O2. The molecule has 0 saturated heterocycles. The number of pyridine rings is 2. The second-order valence-electron chi connectivity index (χ2n) is 6.25. The number of ether oxygens (including phenoxy) is 1. The summed E-state index contributed by atoms with van der Waals surface area (Å²) in [7, 11) is 0. The standard InChI is InChI=1S/C21H21N3O2/c1-15(2)24(18-5-4-10-23-14-18)21(25)17-7-6-16(3)20(13-17)26-19-8-11-22-12-9-19/h4-15H,1-3H3. The van der Waals surface area contributed by atoms with Gasteiger partial charge in [-0.25, -0.2) is 0 Å². The minimum Gasteiger partial charge on any atom is -0.457 e. The van der Waals surface area contributed by atoms with Crippen LogP contribution in [-0.4, -0.2) is 21.9 Å². The number of amides is 1. The van der Waals surface area contributed by atoms with E-state index < -0.39 is 0 Å². The number of aryl methyl sites for hydroxylation is 1. The number of hydrogen-bond acceptors (Lipinski definition) is 4.